The minimum absolute atomic E-state index is 0.0243. The second-order valence-electron chi connectivity index (χ2n) is 5.58. The largest absolute Gasteiger partial charge is 0.377 e. The SMILES string of the molecule is CC1(C)c2cc(C#N)ccc2NC1c1ccccc1. The molecular formula is C17H16N2. The summed E-state index contributed by atoms with van der Waals surface area (Å²) >= 11 is 0. The second kappa shape index (κ2) is 4.13. The number of benzene rings is 2. The Morgan fingerprint density at radius 1 is 1.11 bits per heavy atom. The van der Waals surface area contributed by atoms with E-state index in [1.54, 1.807) is 0 Å². The van der Waals surface area contributed by atoms with E-state index < -0.39 is 0 Å². The normalized spacial score (nSPS) is 19.3. The lowest BCUT2D eigenvalue weighted by Gasteiger charge is -2.28. The van der Waals surface area contributed by atoms with Gasteiger partial charge in [-0.1, -0.05) is 44.2 Å². The maximum absolute atomic E-state index is 9.05. The quantitative estimate of drug-likeness (QED) is 0.828. The average molecular weight is 248 g/mol. The van der Waals surface area contributed by atoms with E-state index in [-0.39, 0.29) is 11.5 Å². The van der Waals surface area contributed by atoms with Gasteiger partial charge in [-0.3, -0.25) is 0 Å². The molecule has 0 saturated carbocycles. The molecule has 1 N–H and O–H groups in total. The highest BCUT2D eigenvalue weighted by Crippen LogP contribution is 2.48. The Kier molecular flexibility index (Phi) is 2.57. The van der Waals surface area contributed by atoms with Gasteiger partial charge in [0.15, 0.2) is 0 Å². The molecule has 2 nitrogen and oxygen atoms in total. The Morgan fingerprint density at radius 3 is 2.53 bits per heavy atom. The molecule has 0 saturated heterocycles. The van der Waals surface area contributed by atoms with Gasteiger partial charge in [0.25, 0.3) is 0 Å². The highest BCUT2D eigenvalue weighted by atomic mass is 15.0. The van der Waals surface area contributed by atoms with Crippen LogP contribution in [0.5, 0.6) is 0 Å². The summed E-state index contributed by atoms with van der Waals surface area (Å²) in [6.45, 7) is 4.45. The lowest BCUT2D eigenvalue weighted by molar-refractivity contribution is 0.474. The first kappa shape index (κ1) is 11.8. The molecule has 0 bridgehead atoms. The van der Waals surface area contributed by atoms with Crippen molar-refractivity contribution >= 4 is 5.69 Å². The molecule has 0 aromatic heterocycles. The molecule has 1 heterocycles. The average Bonchev–Trinajstić information content (AvgIpc) is 2.71. The van der Waals surface area contributed by atoms with Crippen LogP contribution in [0.2, 0.25) is 0 Å². The van der Waals surface area contributed by atoms with Gasteiger partial charge in [-0.25, -0.2) is 0 Å². The van der Waals surface area contributed by atoms with Crippen molar-refractivity contribution in [2.24, 2.45) is 0 Å². The highest BCUT2D eigenvalue weighted by molar-refractivity contribution is 5.65. The zero-order valence-electron chi connectivity index (χ0n) is 11.1. The van der Waals surface area contributed by atoms with Gasteiger partial charge in [0.05, 0.1) is 17.7 Å². The zero-order valence-corrected chi connectivity index (χ0v) is 11.1. The Hall–Kier alpha value is -2.27. The van der Waals surface area contributed by atoms with Gasteiger partial charge >= 0.3 is 0 Å². The minimum atomic E-state index is -0.0243. The Bertz CT molecular complexity index is 651. The summed E-state index contributed by atoms with van der Waals surface area (Å²) < 4.78 is 0. The maximum atomic E-state index is 9.05. The molecular weight excluding hydrogens is 232 g/mol. The van der Waals surface area contributed by atoms with E-state index in [9.17, 15) is 0 Å². The smallest absolute Gasteiger partial charge is 0.0991 e. The Labute approximate surface area is 113 Å². The molecule has 0 fully saturated rings. The Morgan fingerprint density at radius 2 is 1.84 bits per heavy atom. The number of rotatable bonds is 1. The first-order valence-corrected chi connectivity index (χ1v) is 6.49. The molecule has 3 rings (SSSR count). The number of hydrogen-bond donors (Lipinski definition) is 1. The number of nitrogens with zero attached hydrogens (tertiary/aromatic N) is 1. The molecule has 0 amide bonds. The number of nitrogens with one attached hydrogen (secondary N) is 1. The topological polar surface area (TPSA) is 35.8 Å². The van der Waals surface area contributed by atoms with E-state index in [0.29, 0.717) is 0 Å². The summed E-state index contributed by atoms with van der Waals surface area (Å²) in [4.78, 5) is 0. The maximum Gasteiger partial charge on any atom is 0.0991 e. The van der Waals surface area contributed by atoms with Crippen molar-refractivity contribution in [1.82, 2.24) is 0 Å². The van der Waals surface area contributed by atoms with Crippen LogP contribution in [0.4, 0.5) is 5.69 Å². The van der Waals surface area contributed by atoms with Crippen molar-refractivity contribution in [2.45, 2.75) is 25.3 Å². The van der Waals surface area contributed by atoms with Crippen molar-refractivity contribution in [3.63, 3.8) is 0 Å². The minimum Gasteiger partial charge on any atom is -0.377 e. The zero-order chi connectivity index (χ0) is 13.5. The van der Waals surface area contributed by atoms with Crippen LogP contribution in [0.25, 0.3) is 0 Å². The first-order valence-electron chi connectivity index (χ1n) is 6.49. The van der Waals surface area contributed by atoms with Crippen molar-refractivity contribution < 1.29 is 0 Å². The van der Waals surface area contributed by atoms with Crippen LogP contribution in [-0.4, -0.2) is 0 Å². The van der Waals surface area contributed by atoms with Crippen molar-refractivity contribution in [3.8, 4) is 6.07 Å². The van der Waals surface area contributed by atoms with Gasteiger partial charge in [0.1, 0.15) is 0 Å². The number of fused-ring (bicyclic) bond motifs is 1. The van der Waals surface area contributed by atoms with E-state index in [4.69, 9.17) is 5.26 Å². The van der Waals surface area contributed by atoms with Crippen molar-refractivity contribution in [2.75, 3.05) is 5.32 Å². The van der Waals surface area contributed by atoms with E-state index in [2.05, 4.69) is 49.5 Å². The fourth-order valence-corrected chi connectivity index (χ4v) is 2.91. The van der Waals surface area contributed by atoms with Crippen LogP contribution in [0.1, 0.15) is 36.6 Å². The summed E-state index contributed by atoms with van der Waals surface area (Å²) in [6.07, 6.45) is 0. The van der Waals surface area contributed by atoms with Crippen LogP contribution in [0.15, 0.2) is 48.5 Å². The molecule has 94 valence electrons. The second-order valence-corrected chi connectivity index (χ2v) is 5.58. The van der Waals surface area contributed by atoms with Crippen LogP contribution in [0, 0.1) is 11.3 Å². The lowest BCUT2D eigenvalue weighted by atomic mass is 9.77. The number of hydrogen-bond acceptors (Lipinski definition) is 2. The summed E-state index contributed by atoms with van der Waals surface area (Å²) in [5.74, 6) is 0. The van der Waals surface area contributed by atoms with E-state index in [1.165, 1.54) is 11.1 Å². The third-order valence-electron chi connectivity index (χ3n) is 4.00. The molecule has 0 radical (unpaired) electrons. The summed E-state index contributed by atoms with van der Waals surface area (Å²) in [7, 11) is 0. The van der Waals surface area contributed by atoms with Gasteiger partial charge in [0.2, 0.25) is 0 Å². The van der Waals surface area contributed by atoms with Gasteiger partial charge in [-0.05, 0) is 29.3 Å². The molecule has 1 aliphatic heterocycles. The monoisotopic (exact) mass is 248 g/mol. The van der Waals surface area contributed by atoms with Gasteiger partial charge in [-0.2, -0.15) is 5.26 Å². The van der Waals surface area contributed by atoms with Crippen molar-refractivity contribution in [3.05, 3.63) is 65.2 Å². The van der Waals surface area contributed by atoms with Crippen LogP contribution >= 0.6 is 0 Å². The Balaban J connectivity index is 2.08. The van der Waals surface area contributed by atoms with E-state index >= 15 is 0 Å². The molecule has 0 aliphatic carbocycles. The molecule has 2 aromatic carbocycles. The summed E-state index contributed by atoms with van der Waals surface area (Å²) in [5.41, 5.74) is 4.34. The summed E-state index contributed by atoms with van der Waals surface area (Å²) in [6, 6.07) is 18.8. The lowest BCUT2D eigenvalue weighted by Crippen LogP contribution is -2.25. The molecule has 2 heteroatoms. The molecule has 19 heavy (non-hydrogen) atoms. The predicted octanol–water partition coefficient (Wildman–Crippen LogP) is 4.00. The first-order chi connectivity index (χ1) is 9.13. The molecule has 1 unspecified atom stereocenters. The number of nitriles is 1. The van der Waals surface area contributed by atoms with Gasteiger partial charge in [-0.15, -0.1) is 0 Å². The fourth-order valence-electron chi connectivity index (χ4n) is 2.91. The standard InChI is InChI=1S/C17H16N2/c1-17(2)14-10-12(11-18)8-9-15(14)19-16(17)13-6-4-3-5-7-13/h3-10,16,19H,1-2H3. The van der Waals surface area contributed by atoms with Crippen LogP contribution < -0.4 is 5.32 Å². The number of anilines is 1. The van der Waals surface area contributed by atoms with Gasteiger partial charge in [0, 0.05) is 11.1 Å². The van der Waals surface area contributed by atoms with E-state index in [0.717, 1.165) is 11.3 Å². The third-order valence-corrected chi connectivity index (χ3v) is 4.00. The van der Waals surface area contributed by atoms with Crippen LogP contribution in [0.3, 0.4) is 0 Å². The molecule has 1 aliphatic rings. The third kappa shape index (κ3) is 1.79. The van der Waals surface area contributed by atoms with Crippen molar-refractivity contribution in [1.29, 1.82) is 5.26 Å². The summed E-state index contributed by atoms with van der Waals surface area (Å²) in [5, 5.41) is 12.6. The van der Waals surface area contributed by atoms with Crippen LogP contribution in [-0.2, 0) is 5.41 Å². The fraction of sp³-hybridized carbons (Fsp3) is 0.235. The molecule has 2 aromatic rings. The molecule has 1 atom stereocenters. The highest BCUT2D eigenvalue weighted by Gasteiger charge is 2.40. The predicted molar refractivity (Wildman–Crippen MR) is 77.0 cm³/mol. The van der Waals surface area contributed by atoms with E-state index in [1.807, 2.05) is 24.3 Å². The molecule has 0 spiro atoms. The van der Waals surface area contributed by atoms with Gasteiger partial charge < -0.3 is 5.32 Å².